The molecule has 10 heteroatoms. The van der Waals surface area contributed by atoms with Crippen LogP contribution in [0.25, 0.3) is 10.6 Å². The molecule has 3 aromatic heterocycles. The summed E-state index contributed by atoms with van der Waals surface area (Å²) in [6.07, 6.45) is 6.10. The van der Waals surface area contributed by atoms with Gasteiger partial charge in [-0.15, -0.1) is 11.3 Å². The Labute approximate surface area is 166 Å². The van der Waals surface area contributed by atoms with Crippen molar-refractivity contribution in [2.75, 3.05) is 13.1 Å². The van der Waals surface area contributed by atoms with Crippen molar-refractivity contribution in [2.24, 2.45) is 13.0 Å². The van der Waals surface area contributed by atoms with Gasteiger partial charge in [0, 0.05) is 49.4 Å². The lowest BCUT2D eigenvalue weighted by Gasteiger charge is -2.31. The van der Waals surface area contributed by atoms with E-state index in [2.05, 4.69) is 10.1 Å². The van der Waals surface area contributed by atoms with E-state index in [1.165, 1.54) is 21.8 Å². The summed E-state index contributed by atoms with van der Waals surface area (Å²) in [4.78, 5) is 18.6. The summed E-state index contributed by atoms with van der Waals surface area (Å²) < 4.78 is 34.8. The summed E-state index contributed by atoms with van der Waals surface area (Å²) in [7, 11) is -1.94. The van der Waals surface area contributed by atoms with Crippen molar-refractivity contribution < 1.29 is 17.7 Å². The predicted molar refractivity (Wildman–Crippen MR) is 104 cm³/mol. The maximum absolute atomic E-state index is 13.3. The molecule has 0 saturated carbocycles. The molecule has 4 rings (SSSR count). The Bertz CT molecular complexity index is 1100. The van der Waals surface area contributed by atoms with Gasteiger partial charge >= 0.3 is 0 Å². The van der Waals surface area contributed by atoms with Gasteiger partial charge in [0.15, 0.2) is 11.6 Å². The minimum absolute atomic E-state index is 0.114. The van der Waals surface area contributed by atoms with E-state index in [0.29, 0.717) is 40.7 Å². The van der Waals surface area contributed by atoms with Crippen LogP contribution in [0.1, 0.15) is 28.3 Å². The first kappa shape index (κ1) is 19.0. The Morgan fingerprint density at radius 3 is 2.86 bits per heavy atom. The lowest BCUT2D eigenvalue weighted by Crippen LogP contribution is -2.42. The van der Waals surface area contributed by atoms with Crippen LogP contribution in [-0.4, -0.2) is 46.3 Å². The summed E-state index contributed by atoms with van der Waals surface area (Å²) >= 11 is 1.35. The maximum Gasteiger partial charge on any atom is 0.244 e. The van der Waals surface area contributed by atoms with E-state index < -0.39 is 15.9 Å². The molecule has 1 fully saturated rings. The molecule has 0 N–H and O–H groups in total. The third kappa shape index (κ3) is 3.31. The Morgan fingerprint density at radius 1 is 1.36 bits per heavy atom. The molecular formula is C18H20N4O4S2. The lowest BCUT2D eigenvalue weighted by molar-refractivity contribution is 0.0858. The number of aryl methyl sites for hydroxylation is 2. The van der Waals surface area contributed by atoms with Crippen molar-refractivity contribution in [3.63, 3.8) is 0 Å². The number of nitrogens with zero attached hydrogens (tertiary/aromatic N) is 4. The second kappa shape index (κ2) is 7.26. The normalized spacial score (nSPS) is 18.4. The van der Waals surface area contributed by atoms with Crippen LogP contribution in [0, 0.1) is 12.8 Å². The molecule has 3 aromatic rings. The lowest BCUT2D eigenvalue weighted by atomic mass is 9.94. The molecule has 1 saturated heterocycles. The van der Waals surface area contributed by atoms with Gasteiger partial charge in [-0.2, -0.15) is 4.31 Å². The summed E-state index contributed by atoms with van der Waals surface area (Å²) in [5.41, 5.74) is 0. The van der Waals surface area contributed by atoms with Crippen molar-refractivity contribution in [2.45, 2.75) is 24.7 Å². The van der Waals surface area contributed by atoms with E-state index in [1.54, 1.807) is 43.1 Å². The van der Waals surface area contributed by atoms with Crippen LogP contribution in [0.5, 0.6) is 0 Å². The number of imidazole rings is 1. The van der Waals surface area contributed by atoms with E-state index >= 15 is 0 Å². The molecule has 1 unspecified atom stereocenters. The monoisotopic (exact) mass is 420 g/mol. The Morgan fingerprint density at radius 2 is 2.18 bits per heavy atom. The van der Waals surface area contributed by atoms with Gasteiger partial charge in [-0.3, -0.25) is 4.79 Å². The molecule has 4 heterocycles. The highest BCUT2D eigenvalue weighted by Crippen LogP contribution is 2.36. The molecule has 8 nitrogen and oxygen atoms in total. The van der Waals surface area contributed by atoms with Crippen molar-refractivity contribution in [3.8, 4) is 10.6 Å². The fourth-order valence-corrected chi connectivity index (χ4v) is 6.53. The highest BCUT2D eigenvalue weighted by atomic mass is 32.2. The first-order valence-corrected chi connectivity index (χ1v) is 11.2. The number of hydrogen-bond acceptors (Lipinski definition) is 7. The van der Waals surface area contributed by atoms with E-state index in [4.69, 9.17) is 4.52 Å². The Hall–Kier alpha value is -2.30. The van der Waals surface area contributed by atoms with Crippen LogP contribution in [0.4, 0.5) is 0 Å². The average Bonchev–Trinajstić information content (AvgIpc) is 3.42. The van der Waals surface area contributed by atoms with Gasteiger partial charge in [-0.25, -0.2) is 13.4 Å². The quantitative estimate of drug-likeness (QED) is 0.589. The number of carbonyl (C=O) groups excluding carboxylic acids is 1. The van der Waals surface area contributed by atoms with Crippen molar-refractivity contribution >= 4 is 27.1 Å². The van der Waals surface area contributed by atoms with Crippen LogP contribution in [0.15, 0.2) is 40.1 Å². The topological polar surface area (TPSA) is 98.3 Å². The van der Waals surface area contributed by atoms with Crippen molar-refractivity contribution in [3.05, 3.63) is 41.4 Å². The standard InChI is InChI=1S/C18H20N4O4S2/c1-12-16(10-15(27-12)14-5-6-20-26-14)28(24,25)22-8-3-4-13(11-22)17(23)18-19-7-9-21(18)2/h5-7,9-10,13H,3-4,8,11H2,1-2H3. The summed E-state index contributed by atoms with van der Waals surface area (Å²) in [5.74, 6) is 0.397. The van der Waals surface area contributed by atoms with Gasteiger partial charge in [-0.05, 0) is 25.8 Å². The van der Waals surface area contributed by atoms with Gasteiger partial charge in [0.25, 0.3) is 0 Å². The smallest absolute Gasteiger partial charge is 0.244 e. The van der Waals surface area contributed by atoms with Crippen LogP contribution >= 0.6 is 11.3 Å². The molecule has 0 aliphatic carbocycles. The number of rotatable bonds is 5. The Balaban J connectivity index is 1.59. The SMILES string of the molecule is Cc1sc(-c2ccno2)cc1S(=O)(=O)N1CCCC(C(=O)c2nccn2C)C1. The second-order valence-electron chi connectivity index (χ2n) is 6.84. The number of Topliss-reactive ketones (excluding diaryl/α,β-unsaturated/α-hetero) is 1. The average molecular weight is 421 g/mol. The molecule has 28 heavy (non-hydrogen) atoms. The van der Waals surface area contributed by atoms with Crippen LogP contribution in [0.2, 0.25) is 0 Å². The largest absolute Gasteiger partial charge is 0.355 e. The molecule has 0 bridgehead atoms. The van der Waals surface area contributed by atoms with Gasteiger partial charge in [-0.1, -0.05) is 5.16 Å². The highest BCUT2D eigenvalue weighted by molar-refractivity contribution is 7.89. The molecular weight excluding hydrogens is 400 g/mol. The zero-order chi connectivity index (χ0) is 19.9. The zero-order valence-corrected chi connectivity index (χ0v) is 17.2. The Kier molecular flexibility index (Phi) is 4.94. The van der Waals surface area contributed by atoms with E-state index in [9.17, 15) is 13.2 Å². The minimum atomic E-state index is -3.71. The van der Waals surface area contributed by atoms with Gasteiger partial charge in [0.1, 0.15) is 0 Å². The van der Waals surface area contributed by atoms with Gasteiger partial charge < -0.3 is 9.09 Å². The molecule has 148 valence electrons. The third-order valence-corrected chi connectivity index (χ3v) is 8.15. The molecule has 0 aromatic carbocycles. The highest BCUT2D eigenvalue weighted by Gasteiger charge is 2.36. The summed E-state index contributed by atoms with van der Waals surface area (Å²) in [6.45, 7) is 2.35. The van der Waals surface area contributed by atoms with E-state index in [1.807, 2.05) is 0 Å². The third-order valence-electron chi connectivity index (χ3n) is 4.97. The fourth-order valence-electron chi connectivity index (χ4n) is 3.49. The van der Waals surface area contributed by atoms with Crippen molar-refractivity contribution in [1.82, 2.24) is 19.0 Å². The minimum Gasteiger partial charge on any atom is -0.355 e. The number of aromatic nitrogens is 3. The maximum atomic E-state index is 13.3. The zero-order valence-electron chi connectivity index (χ0n) is 15.5. The molecule has 1 aliphatic rings. The first-order chi connectivity index (χ1) is 13.4. The number of sulfonamides is 1. The van der Waals surface area contributed by atoms with Crippen LogP contribution in [0.3, 0.4) is 0 Å². The number of ketones is 1. The van der Waals surface area contributed by atoms with Crippen LogP contribution in [-0.2, 0) is 17.1 Å². The molecule has 0 amide bonds. The molecule has 1 aliphatic heterocycles. The van der Waals surface area contributed by atoms with Crippen LogP contribution < -0.4 is 0 Å². The number of thiophene rings is 1. The number of hydrogen-bond donors (Lipinski definition) is 0. The van der Waals surface area contributed by atoms with E-state index in [-0.39, 0.29) is 17.2 Å². The molecule has 0 radical (unpaired) electrons. The van der Waals surface area contributed by atoms with Gasteiger partial charge in [0.2, 0.25) is 15.8 Å². The van der Waals surface area contributed by atoms with Crippen molar-refractivity contribution in [1.29, 1.82) is 0 Å². The predicted octanol–water partition coefficient (Wildman–Crippen LogP) is 2.73. The molecule has 1 atom stereocenters. The van der Waals surface area contributed by atoms with E-state index in [0.717, 1.165) is 0 Å². The second-order valence-corrected chi connectivity index (χ2v) is 10.00. The first-order valence-electron chi connectivity index (χ1n) is 8.91. The number of piperidine rings is 1. The van der Waals surface area contributed by atoms with Gasteiger partial charge in [0.05, 0.1) is 16.0 Å². The number of carbonyl (C=O) groups is 1. The fraction of sp³-hybridized carbons (Fsp3) is 0.389. The molecule has 0 spiro atoms. The summed E-state index contributed by atoms with van der Waals surface area (Å²) in [6, 6.07) is 3.32. The summed E-state index contributed by atoms with van der Waals surface area (Å²) in [5, 5.41) is 3.68.